The molecule has 0 spiro atoms. The molecule has 0 aliphatic heterocycles. The van der Waals surface area contributed by atoms with E-state index in [9.17, 15) is 9.90 Å². The third-order valence-corrected chi connectivity index (χ3v) is 8.80. The monoisotopic (exact) mass is 318 g/mol. The van der Waals surface area contributed by atoms with Crippen LogP contribution in [0.15, 0.2) is 0 Å². The molecule has 0 heterocycles. The fourth-order valence-electron chi connectivity index (χ4n) is 7.52. The van der Waals surface area contributed by atoms with Crippen LogP contribution in [0.5, 0.6) is 0 Å². The van der Waals surface area contributed by atoms with Crippen molar-refractivity contribution in [3.63, 3.8) is 0 Å². The van der Waals surface area contributed by atoms with Gasteiger partial charge in [-0.2, -0.15) is 0 Å². The Kier molecular flexibility index (Phi) is 2.66. The molecule has 7 rings (SSSR count). The van der Waals surface area contributed by atoms with Gasteiger partial charge in [-0.1, -0.05) is 6.92 Å². The standard InChI is InChI=1S/C20H30O3/c1-4-18(2,3)17(21)23-20-10-12-5-13-15(20)7-11-8-16(20)14(6-12)19(13,22)9-11/h11-16,22H,4-10H2,1-3H3. The first-order chi connectivity index (χ1) is 10.8. The molecule has 4 unspecified atom stereocenters. The van der Waals surface area contributed by atoms with E-state index < -0.39 is 11.0 Å². The summed E-state index contributed by atoms with van der Waals surface area (Å²) >= 11 is 0. The van der Waals surface area contributed by atoms with Crippen molar-refractivity contribution in [3.05, 3.63) is 0 Å². The molecular formula is C20H30O3. The van der Waals surface area contributed by atoms with Crippen LogP contribution in [-0.4, -0.2) is 22.3 Å². The highest BCUT2D eigenvalue weighted by Gasteiger charge is 2.76. The van der Waals surface area contributed by atoms with Crippen LogP contribution in [0.25, 0.3) is 0 Å². The number of rotatable bonds is 3. The van der Waals surface area contributed by atoms with Crippen LogP contribution in [0.3, 0.4) is 0 Å². The number of hydrogen-bond acceptors (Lipinski definition) is 3. The van der Waals surface area contributed by atoms with E-state index in [2.05, 4.69) is 6.92 Å². The summed E-state index contributed by atoms with van der Waals surface area (Å²) in [5.41, 5.74) is -1.05. The lowest BCUT2D eigenvalue weighted by atomic mass is 9.32. The fourth-order valence-corrected chi connectivity index (χ4v) is 7.52. The molecule has 8 bridgehead atoms. The first kappa shape index (κ1) is 14.7. The molecule has 0 aromatic rings. The summed E-state index contributed by atoms with van der Waals surface area (Å²) in [4.78, 5) is 12.9. The van der Waals surface area contributed by atoms with Crippen molar-refractivity contribution in [2.75, 3.05) is 0 Å². The molecule has 0 aromatic heterocycles. The summed E-state index contributed by atoms with van der Waals surface area (Å²) in [5.74, 6) is 2.98. The number of carbonyl (C=O) groups excluding carboxylic acids is 1. The zero-order valence-electron chi connectivity index (χ0n) is 14.7. The van der Waals surface area contributed by atoms with Crippen LogP contribution in [0.1, 0.15) is 65.7 Å². The lowest BCUT2D eigenvalue weighted by Gasteiger charge is -2.75. The minimum Gasteiger partial charge on any atom is -0.458 e. The maximum Gasteiger partial charge on any atom is 0.312 e. The minimum absolute atomic E-state index is 0.000451. The van der Waals surface area contributed by atoms with Crippen molar-refractivity contribution in [2.24, 2.45) is 40.9 Å². The van der Waals surface area contributed by atoms with Gasteiger partial charge in [0.05, 0.1) is 11.0 Å². The Hall–Kier alpha value is -0.570. The number of aliphatic hydroxyl groups is 1. The van der Waals surface area contributed by atoms with Crippen molar-refractivity contribution >= 4 is 5.97 Å². The third kappa shape index (κ3) is 1.59. The van der Waals surface area contributed by atoms with E-state index in [0.717, 1.165) is 19.3 Å². The topological polar surface area (TPSA) is 46.5 Å². The van der Waals surface area contributed by atoms with Crippen LogP contribution in [0.4, 0.5) is 0 Å². The summed E-state index contributed by atoms with van der Waals surface area (Å²) in [6.45, 7) is 6.09. The lowest BCUT2D eigenvalue weighted by Crippen LogP contribution is -2.78. The lowest BCUT2D eigenvalue weighted by molar-refractivity contribution is -0.345. The van der Waals surface area contributed by atoms with Gasteiger partial charge in [0.15, 0.2) is 0 Å². The molecule has 7 aliphatic carbocycles. The number of hydrogen-bond donors (Lipinski definition) is 1. The van der Waals surface area contributed by atoms with Gasteiger partial charge < -0.3 is 9.84 Å². The normalized spacial score (nSPS) is 55.5. The Bertz CT molecular complexity index is 541. The molecule has 0 radical (unpaired) electrons. The van der Waals surface area contributed by atoms with Gasteiger partial charge in [-0.15, -0.1) is 0 Å². The maximum atomic E-state index is 12.9. The van der Waals surface area contributed by atoms with E-state index in [0.29, 0.717) is 35.5 Å². The van der Waals surface area contributed by atoms with Crippen LogP contribution < -0.4 is 0 Å². The van der Waals surface area contributed by atoms with E-state index in [-0.39, 0.29) is 11.6 Å². The Balaban J connectivity index is 1.55. The minimum atomic E-state index is -0.427. The Morgan fingerprint density at radius 3 is 2.13 bits per heavy atom. The molecule has 0 amide bonds. The average molecular weight is 318 g/mol. The van der Waals surface area contributed by atoms with E-state index in [4.69, 9.17) is 4.74 Å². The van der Waals surface area contributed by atoms with Gasteiger partial charge in [0, 0.05) is 11.8 Å². The van der Waals surface area contributed by atoms with Gasteiger partial charge in [-0.3, -0.25) is 4.79 Å². The summed E-state index contributed by atoms with van der Waals surface area (Å²) in [5, 5.41) is 11.4. The van der Waals surface area contributed by atoms with Gasteiger partial charge in [-0.25, -0.2) is 0 Å². The Morgan fingerprint density at radius 2 is 1.57 bits per heavy atom. The molecule has 0 aromatic carbocycles. The highest BCUT2D eigenvalue weighted by atomic mass is 16.6. The molecule has 23 heavy (non-hydrogen) atoms. The zero-order chi connectivity index (χ0) is 16.2. The molecule has 1 N–H and O–H groups in total. The highest BCUT2D eigenvalue weighted by Crippen LogP contribution is 2.74. The molecule has 4 atom stereocenters. The summed E-state index contributed by atoms with van der Waals surface area (Å²) in [6, 6.07) is 0. The van der Waals surface area contributed by atoms with E-state index in [1.807, 2.05) is 13.8 Å². The Labute approximate surface area is 139 Å². The predicted molar refractivity (Wildman–Crippen MR) is 86.5 cm³/mol. The molecule has 7 saturated carbocycles. The molecule has 0 saturated heterocycles. The first-order valence-electron chi connectivity index (χ1n) is 9.76. The maximum absolute atomic E-state index is 12.9. The second kappa shape index (κ2) is 4.15. The van der Waals surface area contributed by atoms with Crippen LogP contribution in [-0.2, 0) is 9.53 Å². The number of esters is 1. The largest absolute Gasteiger partial charge is 0.458 e. The van der Waals surface area contributed by atoms with E-state index in [1.165, 1.54) is 25.7 Å². The highest BCUT2D eigenvalue weighted by molar-refractivity contribution is 5.76. The van der Waals surface area contributed by atoms with Gasteiger partial charge in [0.2, 0.25) is 0 Å². The molecule has 7 fully saturated rings. The average Bonchev–Trinajstić information content (AvgIpc) is 2.51. The summed E-state index contributed by atoms with van der Waals surface area (Å²) in [6.07, 6.45) is 7.63. The molecule has 7 aliphatic rings. The van der Waals surface area contributed by atoms with Crippen molar-refractivity contribution in [1.29, 1.82) is 0 Å². The SMILES string of the molecule is CCC(C)(C)C(=O)OC12CC3CC4C1CC1CC2C(C3)C4(O)C1. The van der Waals surface area contributed by atoms with E-state index in [1.54, 1.807) is 0 Å². The first-order valence-corrected chi connectivity index (χ1v) is 9.76. The van der Waals surface area contributed by atoms with Crippen molar-refractivity contribution < 1.29 is 14.6 Å². The van der Waals surface area contributed by atoms with Crippen LogP contribution in [0, 0.1) is 40.9 Å². The Morgan fingerprint density at radius 1 is 1.04 bits per heavy atom. The van der Waals surface area contributed by atoms with Crippen molar-refractivity contribution in [3.8, 4) is 0 Å². The van der Waals surface area contributed by atoms with E-state index >= 15 is 0 Å². The van der Waals surface area contributed by atoms with Gasteiger partial charge in [-0.05, 0) is 82.5 Å². The number of ether oxygens (including phenoxy) is 1. The number of carbonyl (C=O) groups is 1. The van der Waals surface area contributed by atoms with Crippen molar-refractivity contribution in [2.45, 2.75) is 76.9 Å². The third-order valence-electron chi connectivity index (χ3n) is 8.80. The molecule has 128 valence electrons. The zero-order valence-corrected chi connectivity index (χ0v) is 14.7. The quantitative estimate of drug-likeness (QED) is 0.810. The summed E-state index contributed by atoms with van der Waals surface area (Å²) < 4.78 is 6.44. The summed E-state index contributed by atoms with van der Waals surface area (Å²) in [7, 11) is 0. The van der Waals surface area contributed by atoms with Crippen LogP contribution in [0.2, 0.25) is 0 Å². The smallest absolute Gasteiger partial charge is 0.312 e. The second-order valence-corrected chi connectivity index (χ2v) is 10.1. The fraction of sp³-hybridized carbons (Fsp3) is 0.950. The van der Waals surface area contributed by atoms with Crippen molar-refractivity contribution in [1.82, 2.24) is 0 Å². The molecular weight excluding hydrogens is 288 g/mol. The second-order valence-electron chi connectivity index (χ2n) is 10.1. The predicted octanol–water partition coefficient (Wildman–Crippen LogP) is 3.54. The van der Waals surface area contributed by atoms with Gasteiger partial charge in [0.1, 0.15) is 5.60 Å². The molecule has 3 heteroatoms. The van der Waals surface area contributed by atoms with Gasteiger partial charge >= 0.3 is 5.97 Å². The molecule has 3 nitrogen and oxygen atoms in total. The van der Waals surface area contributed by atoms with Crippen LogP contribution >= 0.6 is 0 Å². The van der Waals surface area contributed by atoms with Gasteiger partial charge in [0.25, 0.3) is 0 Å².